The van der Waals surface area contributed by atoms with Gasteiger partial charge in [-0.15, -0.1) is 0 Å². The number of ether oxygens (including phenoxy) is 1. The molecule has 1 nitrogen and oxygen atoms in total. The molecule has 0 saturated carbocycles. The zero-order valence-electron chi connectivity index (χ0n) is 9.16. The largest absolute Gasteiger partial charge is 0.494 e. The maximum atomic E-state index is 13.1. The van der Waals surface area contributed by atoms with Crippen molar-refractivity contribution in [2.24, 2.45) is 5.92 Å². The first-order valence-electron chi connectivity index (χ1n) is 5.19. The Balaban J connectivity index is 2.86. The van der Waals surface area contributed by atoms with Crippen LogP contribution >= 0.6 is 12.6 Å². The smallest absolute Gasteiger partial charge is 0.123 e. The first-order chi connectivity index (χ1) is 7.17. The fourth-order valence-corrected chi connectivity index (χ4v) is 1.57. The van der Waals surface area contributed by atoms with E-state index in [4.69, 9.17) is 4.74 Å². The molecule has 0 N–H and O–H groups in total. The molecule has 0 saturated heterocycles. The van der Waals surface area contributed by atoms with Gasteiger partial charge in [0.1, 0.15) is 11.6 Å². The monoisotopic (exact) mass is 228 g/mol. The first-order valence-corrected chi connectivity index (χ1v) is 5.82. The normalized spacial score (nSPS) is 12.5. The van der Waals surface area contributed by atoms with Crippen LogP contribution in [-0.2, 0) is 6.42 Å². The molecule has 0 aliphatic rings. The summed E-state index contributed by atoms with van der Waals surface area (Å²) in [6.45, 7) is 4.62. The van der Waals surface area contributed by atoms with E-state index in [0.717, 1.165) is 23.5 Å². The lowest BCUT2D eigenvalue weighted by atomic mass is 10.0. The van der Waals surface area contributed by atoms with Crippen LogP contribution in [0, 0.1) is 11.7 Å². The summed E-state index contributed by atoms with van der Waals surface area (Å²) in [4.78, 5) is 0. The second-order valence-electron chi connectivity index (χ2n) is 3.68. The van der Waals surface area contributed by atoms with Gasteiger partial charge in [-0.2, -0.15) is 12.6 Å². The van der Waals surface area contributed by atoms with Gasteiger partial charge >= 0.3 is 0 Å². The van der Waals surface area contributed by atoms with Gasteiger partial charge in [-0.25, -0.2) is 4.39 Å². The van der Waals surface area contributed by atoms with Gasteiger partial charge in [0.05, 0.1) is 6.61 Å². The molecule has 3 heteroatoms. The van der Waals surface area contributed by atoms with Crippen molar-refractivity contribution in [2.45, 2.75) is 20.3 Å². The summed E-state index contributed by atoms with van der Waals surface area (Å²) in [5.41, 5.74) is 0.929. The molecule has 1 unspecified atom stereocenters. The molecule has 1 aromatic carbocycles. The van der Waals surface area contributed by atoms with Gasteiger partial charge in [-0.05, 0) is 48.8 Å². The third-order valence-corrected chi connectivity index (χ3v) is 2.83. The Morgan fingerprint density at radius 1 is 1.47 bits per heavy atom. The Bertz CT molecular complexity index is 314. The molecule has 0 aromatic heterocycles. The molecule has 15 heavy (non-hydrogen) atoms. The van der Waals surface area contributed by atoms with Crippen LogP contribution in [0.15, 0.2) is 18.2 Å². The van der Waals surface area contributed by atoms with Gasteiger partial charge in [0.2, 0.25) is 0 Å². The highest BCUT2D eigenvalue weighted by Crippen LogP contribution is 2.23. The Hall–Kier alpha value is -0.700. The summed E-state index contributed by atoms with van der Waals surface area (Å²) in [6.07, 6.45) is 0.802. The number of hydrogen-bond donors (Lipinski definition) is 1. The topological polar surface area (TPSA) is 9.23 Å². The zero-order chi connectivity index (χ0) is 11.3. The molecule has 0 spiro atoms. The second-order valence-corrected chi connectivity index (χ2v) is 4.04. The highest BCUT2D eigenvalue weighted by Gasteiger charge is 2.08. The minimum absolute atomic E-state index is 0.209. The van der Waals surface area contributed by atoms with Crippen LogP contribution < -0.4 is 4.74 Å². The molecular weight excluding hydrogens is 211 g/mol. The predicted molar refractivity (Wildman–Crippen MR) is 64.3 cm³/mol. The standard InChI is InChI=1S/C12H17FOS/c1-3-14-12-5-4-11(13)7-10(12)6-9(2)8-15/h4-5,7,9,15H,3,6,8H2,1-2H3. The van der Waals surface area contributed by atoms with Crippen molar-refractivity contribution in [2.75, 3.05) is 12.4 Å². The van der Waals surface area contributed by atoms with Crippen LogP contribution in [-0.4, -0.2) is 12.4 Å². The van der Waals surface area contributed by atoms with Crippen LogP contribution in [0.2, 0.25) is 0 Å². The van der Waals surface area contributed by atoms with E-state index in [1.807, 2.05) is 6.92 Å². The minimum Gasteiger partial charge on any atom is -0.494 e. The molecule has 1 aromatic rings. The lowest BCUT2D eigenvalue weighted by Crippen LogP contribution is -2.04. The predicted octanol–water partition coefficient (Wildman–Crippen LogP) is 3.33. The van der Waals surface area contributed by atoms with Crippen LogP contribution in [0.25, 0.3) is 0 Å². The fraction of sp³-hybridized carbons (Fsp3) is 0.500. The minimum atomic E-state index is -0.209. The van der Waals surface area contributed by atoms with Crippen molar-refractivity contribution in [3.63, 3.8) is 0 Å². The van der Waals surface area contributed by atoms with E-state index in [1.54, 1.807) is 12.1 Å². The summed E-state index contributed by atoms with van der Waals surface area (Å²) >= 11 is 4.22. The third kappa shape index (κ3) is 3.74. The average Bonchev–Trinajstić information content (AvgIpc) is 2.22. The van der Waals surface area contributed by atoms with Gasteiger partial charge in [0, 0.05) is 0 Å². The molecule has 0 bridgehead atoms. The van der Waals surface area contributed by atoms with E-state index in [2.05, 4.69) is 19.6 Å². The highest BCUT2D eigenvalue weighted by atomic mass is 32.1. The number of rotatable bonds is 5. The molecule has 0 amide bonds. The molecule has 0 aliphatic carbocycles. The molecular formula is C12H17FOS. The van der Waals surface area contributed by atoms with Crippen molar-refractivity contribution in [1.82, 2.24) is 0 Å². The summed E-state index contributed by atoms with van der Waals surface area (Å²) < 4.78 is 18.5. The quantitative estimate of drug-likeness (QED) is 0.760. The lowest BCUT2D eigenvalue weighted by Gasteiger charge is -2.13. The van der Waals surface area contributed by atoms with E-state index in [-0.39, 0.29) is 5.82 Å². The summed E-state index contributed by atoms with van der Waals surface area (Å²) in [5, 5.41) is 0. The van der Waals surface area contributed by atoms with Gasteiger partial charge in [-0.3, -0.25) is 0 Å². The van der Waals surface area contributed by atoms with Gasteiger partial charge in [-0.1, -0.05) is 6.92 Å². The third-order valence-electron chi connectivity index (χ3n) is 2.20. The molecule has 0 aliphatic heterocycles. The average molecular weight is 228 g/mol. The van der Waals surface area contributed by atoms with Crippen LogP contribution in [0.1, 0.15) is 19.4 Å². The Kier molecular flexibility index (Phi) is 4.95. The molecule has 1 rings (SSSR count). The van der Waals surface area contributed by atoms with Crippen molar-refractivity contribution in [3.05, 3.63) is 29.6 Å². The van der Waals surface area contributed by atoms with Crippen LogP contribution in [0.4, 0.5) is 4.39 Å². The summed E-state index contributed by atoms with van der Waals surface area (Å²) in [7, 11) is 0. The van der Waals surface area contributed by atoms with Crippen LogP contribution in [0.3, 0.4) is 0 Å². The van der Waals surface area contributed by atoms with Crippen molar-refractivity contribution in [3.8, 4) is 5.75 Å². The molecule has 0 fully saturated rings. The molecule has 1 atom stereocenters. The van der Waals surface area contributed by atoms with E-state index in [9.17, 15) is 4.39 Å². The van der Waals surface area contributed by atoms with Crippen molar-refractivity contribution in [1.29, 1.82) is 0 Å². The second kappa shape index (κ2) is 6.01. The van der Waals surface area contributed by atoms with Gasteiger partial charge in [0.25, 0.3) is 0 Å². The summed E-state index contributed by atoms with van der Waals surface area (Å²) in [5.74, 6) is 1.80. The SMILES string of the molecule is CCOc1ccc(F)cc1CC(C)CS. The highest BCUT2D eigenvalue weighted by molar-refractivity contribution is 7.80. The van der Waals surface area contributed by atoms with E-state index < -0.39 is 0 Å². The van der Waals surface area contributed by atoms with Crippen LogP contribution in [0.5, 0.6) is 5.75 Å². The molecule has 0 heterocycles. The molecule has 84 valence electrons. The van der Waals surface area contributed by atoms with Crippen molar-refractivity contribution < 1.29 is 9.13 Å². The van der Waals surface area contributed by atoms with Gasteiger partial charge in [0.15, 0.2) is 0 Å². The Morgan fingerprint density at radius 2 is 2.20 bits per heavy atom. The number of thiol groups is 1. The Morgan fingerprint density at radius 3 is 2.80 bits per heavy atom. The van der Waals surface area contributed by atoms with E-state index in [1.165, 1.54) is 6.07 Å². The number of halogens is 1. The number of hydrogen-bond acceptors (Lipinski definition) is 2. The maximum Gasteiger partial charge on any atom is 0.123 e. The summed E-state index contributed by atoms with van der Waals surface area (Å²) in [6, 6.07) is 4.67. The molecule has 0 radical (unpaired) electrons. The van der Waals surface area contributed by atoms with Crippen molar-refractivity contribution >= 4 is 12.6 Å². The Labute approximate surface area is 96.1 Å². The van der Waals surface area contributed by atoms with Gasteiger partial charge < -0.3 is 4.74 Å². The first kappa shape index (κ1) is 12.4. The fourth-order valence-electron chi connectivity index (χ4n) is 1.44. The lowest BCUT2D eigenvalue weighted by molar-refractivity contribution is 0.334. The zero-order valence-corrected chi connectivity index (χ0v) is 10.1. The van der Waals surface area contributed by atoms with E-state index in [0.29, 0.717) is 12.5 Å². The van der Waals surface area contributed by atoms with E-state index >= 15 is 0 Å². The number of benzene rings is 1. The maximum absolute atomic E-state index is 13.1.